The Morgan fingerprint density at radius 2 is 1.73 bits per heavy atom. The number of benzene rings is 1. The molecule has 3 N–H and O–H groups in total. The largest absolute Gasteiger partial charge is 0.497 e. The van der Waals surface area contributed by atoms with E-state index in [1.807, 2.05) is 13.8 Å². The first kappa shape index (κ1) is 21.5. The molecule has 1 atom stereocenters. The molecular formula is C19H28N2O5. The van der Waals surface area contributed by atoms with E-state index in [-0.39, 0.29) is 24.3 Å². The van der Waals surface area contributed by atoms with Gasteiger partial charge in [0.15, 0.2) is 0 Å². The fourth-order valence-corrected chi connectivity index (χ4v) is 2.22. The van der Waals surface area contributed by atoms with Gasteiger partial charge in [0.1, 0.15) is 11.8 Å². The lowest BCUT2D eigenvalue weighted by Gasteiger charge is -2.23. The second kappa shape index (κ2) is 9.22. The maximum atomic E-state index is 12.4. The van der Waals surface area contributed by atoms with Crippen molar-refractivity contribution in [1.29, 1.82) is 0 Å². The minimum absolute atomic E-state index is 0.121. The molecule has 0 bridgehead atoms. The molecule has 1 aromatic carbocycles. The van der Waals surface area contributed by atoms with Crippen LogP contribution in [-0.4, -0.2) is 42.6 Å². The summed E-state index contributed by atoms with van der Waals surface area (Å²) < 4.78 is 5.06. The van der Waals surface area contributed by atoms with Gasteiger partial charge in [-0.1, -0.05) is 13.8 Å². The van der Waals surface area contributed by atoms with Crippen molar-refractivity contribution < 1.29 is 24.2 Å². The van der Waals surface area contributed by atoms with Crippen molar-refractivity contribution in [1.82, 2.24) is 10.6 Å². The molecule has 0 aliphatic carbocycles. The third-order valence-corrected chi connectivity index (χ3v) is 4.22. The normalized spacial score (nSPS) is 12.4. The lowest BCUT2D eigenvalue weighted by molar-refractivity contribution is -0.147. The fraction of sp³-hybridized carbons (Fsp3) is 0.526. The zero-order valence-electron chi connectivity index (χ0n) is 16.0. The Balaban J connectivity index is 2.68. The number of carbonyl (C=O) groups excluding carboxylic acids is 2. The maximum Gasteiger partial charge on any atom is 0.309 e. The molecule has 0 saturated heterocycles. The summed E-state index contributed by atoms with van der Waals surface area (Å²) in [6, 6.07) is 5.89. The highest BCUT2D eigenvalue weighted by atomic mass is 16.5. The zero-order valence-corrected chi connectivity index (χ0v) is 16.0. The first-order valence-corrected chi connectivity index (χ1v) is 8.54. The number of amides is 2. The SMILES string of the molecule is COc1ccc(C(=O)NC(C(=O)NCCC(C)(C)C(=O)O)C(C)C)cc1. The van der Waals surface area contributed by atoms with E-state index in [1.54, 1.807) is 45.2 Å². The van der Waals surface area contributed by atoms with Gasteiger partial charge in [-0.2, -0.15) is 0 Å². The van der Waals surface area contributed by atoms with Crippen molar-refractivity contribution in [2.24, 2.45) is 11.3 Å². The molecule has 0 aromatic heterocycles. The molecule has 0 aliphatic rings. The van der Waals surface area contributed by atoms with Gasteiger partial charge in [-0.3, -0.25) is 14.4 Å². The van der Waals surface area contributed by atoms with Crippen LogP contribution in [0.2, 0.25) is 0 Å². The van der Waals surface area contributed by atoms with E-state index in [4.69, 9.17) is 9.84 Å². The van der Waals surface area contributed by atoms with Gasteiger partial charge in [-0.15, -0.1) is 0 Å². The van der Waals surface area contributed by atoms with Crippen LogP contribution in [0.25, 0.3) is 0 Å². The number of ether oxygens (including phenoxy) is 1. The van der Waals surface area contributed by atoms with Crippen LogP contribution in [0, 0.1) is 11.3 Å². The second-order valence-electron chi connectivity index (χ2n) is 7.15. The summed E-state index contributed by atoms with van der Waals surface area (Å²) in [5, 5.41) is 14.6. The average Bonchev–Trinajstić information content (AvgIpc) is 2.58. The van der Waals surface area contributed by atoms with E-state index < -0.39 is 17.4 Å². The summed E-state index contributed by atoms with van der Waals surface area (Å²) in [5.41, 5.74) is -0.497. The van der Waals surface area contributed by atoms with Crippen LogP contribution in [0.1, 0.15) is 44.5 Å². The van der Waals surface area contributed by atoms with E-state index in [1.165, 1.54) is 0 Å². The number of carboxylic acid groups (broad SMARTS) is 1. The molecule has 1 aromatic rings. The third-order valence-electron chi connectivity index (χ3n) is 4.22. The summed E-state index contributed by atoms with van der Waals surface area (Å²) in [4.78, 5) is 35.9. The molecule has 0 heterocycles. The fourth-order valence-electron chi connectivity index (χ4n) is 2.22. The highest BCUT2D eigenvalue weighted by molar-refractivity contribution is 5.97. The number of hydrogen-bond acceptors (Lipinski definition) is 4. The highest BCUT2D eigenvalue weighted by Gasteiger charge is 2.28. The molecule has 2 amide bonds. The predicted molar refractivity (Wildman–Crippen MR) is 98.1 cm³/mol. The van der Waals surface area contributed by atoms with Crippen LogP contribution >= 0.6 is 0 Å². The van der Waals surface area contributed by atoms with Crippen molar-refractivity contribution in [2.45, 2.75) is 40.2 Å². The molecule has 144 valence electrons. The lowest BCUT2D eigenvalue weighted by Crippen LogP contribution is -2.50. The molecule has 0 saturated carbocycles. The molecule has 7 heteroatoms. The minimum atomic E-state index is -0.924. The first-order chi connectivity index (χ1) is 12.1. The number of methoxy groups -OCH3 is 1. The van der Waals surface area contributed by atoms with E-state index in [0.29, 0.717) is 17.7 Å². The van der Waals surface area contributed by atoms with E-state index in [9.17, 15) is 14.4 Å². The van der Waals surface area contributed by atoms with Crippen molar-refractivity contribution in [3.63, 3.8) is 0 Å². The van der Waals surface area contributed by atoms with Gasteiger partial charge < -0.3 is 20.5 Å². The van der Waals surface area contributed by atoms with Gasteiger partial charge in [0.25, 0.3) is 5.91 Å². The molecule has 7 nitrogen and oxygen atoms in total. The smallest absolute Gasteiger partial charge is 0.309 e. The number of hydrogen-bond donors (Lipinski definition) is 3. The van der Waals surface area contributed by atoms with Gasteiger partial charge in [0.2, 0.25) is 5.91 Å². The summed E-state index contributed by atoms with van der Waals surface area (Å²) >= 11 is 0. The van der Waals surface area contributed by atoms with Crippen LogP contribution in [-0.2, 0) is 9.59 Å². The van der Waals surface area contributed by atoms with Gasteiger partial charge >= 0.3 is 5.97 Å². The van der Waals surface area contributed by atoms with Crippen LogP contribution < -0.4 is 15.4 Å². The van der Waals surface area contributed by atoms with Crippen molar-refractivity contribution >= 4 is 17.8 Å². The molecule has 0 fully saturated rings. The summed E-state index contributed by atoms with van der Waals surface area (Å²) in [5.74, 6) is -1.08. The zero-order chi connectivity index (χ0) is 19.9. The van der Waals surface area contributed by atoms with Crippen LogP contribution in [0.15, 0.2) is 24.3 Å². The number of carboxylic acids is 1. The van der Waals surface area contributed by atoms with Gasteiger partial charge in [-0.05, 0) is 50.5 Å². The number of aliphatic carboxylic acids is 1. The van der Waals surface area contributed by atoms with E-state index in [0.717, 1.165) is 0 Å². The first-order valence-electron chi connectivity index (χ1n) is 8.54. The second-order valence-corrected chi connectivity index (χ2v) is 7.15. The molecule has 0 radical (unpaired) electrons. The van der Waals surface area contributed by atoms with Crippen LogP contribution in [0.5, 0.6) is 5.75 Å². The van der Waals surface area contributed by atoms with Gasteiger partial charge in [-0.25, -0.2) is 0 Å². The maximum absolute atomic E-state index is 12.4. The average molecular weight is 364 g/mol. The van der Waals surface area contributed by atoms with E-state index >= 15 is 0 Å². The highest BCUT2D eigenvalue weighted by Crippen LogP contribution is 2.19. The molecule has 1 unspecified atom stereocenters. The quantitative estimate of drug-likeness (QED) is 0.622. The summed E-state index contributed by atoms with van der Waals surface area (Å²) in [7, 11) is 1.54. The summed E-state index contributed by atoms with van der Waals surface area (Å²) in [6.07, 6.45) is 0.297. The van der Waals surface area contributed by atoms with Crippen molar-refractivity contribution in [3.8, 4) is 5.75 Å². The van der Waals surface area contributed by atoms with Crippen molar-refractivity contribution in [2.75, 3.05) is 13.7 Å². The number of nitrogens with one attached hydrogen (secondary N) is 2. The molecule has 26 heavy (non-hydrogen) atoms. The summed E-state index contributed by atoms with van der Waals surface area (Å²) in [6.45, 7) is 7.10. The topological polar surface area (TPSA) is 105 Å². The monoisotopic (exact) mass is 364 g/mol. The Morgan fingerprint density at radius 3 is 2.19 bits per heavy atom. The molecule has 0 spiro atoms. The molecular weight excluding hydrogens is 336 g/mol. The standard InChI is InChI=1S/C19H28N2O5/c1-12(2)15(17(23)20-11-10-19(3,4)18(24)25)21-16(22)13-6-8-14(26-5)9-7-13/h6-9,12,15H,10-11H2,1-5H3,(H,20,23)(H,21,22)(H,24,25). The third kappa shape index (κ3) is 6.06. The Labute approximate surface area is 154 Å². The van der Waals surface area contributed by atoms with Crippen LogP contribution in [0.4, 0.5) is 0 Å². The molecule has 0 aliphatic heterocycles. The Bertz CT molecular complexity index is 638. The minimum Gasteiger partial charge on any atom is -0.497 e. The number of rotatable bonds is 9. The predicted octanol–water partition coefficient (Wildman–Crippen LogP) is 2.07. The Hall–Kier alpha value is -2.57. The van der Waals surface area contributed by atoms with E-state index in [2.05, 4.69) is 10.6 Å². The van der Waals surface area contributed by atoms with Crippen molar-refractivity contribution in [3.05, 3.63) is 29.8 Å². The van der Waals surface area contributed by atoms with Crippen LogP contribution in [0.3, 0.4) is 0 Å². The lowest BCUT2D eigenvalue weighted by atomic mass is 9.89. The van der Waals surface area contributed by atoms with Gasteiger partial charge in [0, 0.05) is 12.1 Å². The van der Waals surface area contributed by atoms with Gasteiger partial charge in [0.05, 0.1) is 12.5 Å². The number of carbonyl (C=O) groups is 3. The molecule has 1 rings (SSSR count). The Kier molecular flexibility index (Phi) is 7.61. The Morgan fingerprint density at radius 1 is 1.15 bits per heavy atom.